The average molecular weight is 298 g/mol. The summed E-state index contributed by atoms with van der Waals surface area (Å²) in [6.07, 6.45) is 0. The van der Waals surface area contributed by atoms with Crippen molar-refractivity contribution in [1.82, 2.24) is 4.98 Å². The van der Waals surface area contributed by atoms with Crippen LogP contribution in [0.3, 0.4) is 0 Å². The van der Waals surface area contributed by atoms with Crippen molar-refractivity contribution < 1.29 is 14.7 Å². The Morgan fingerprint density at radius 3 is 2.71 bits per heavy atom. The van der Waals surface area contributed by atoms with Gasteiger partial charge in [-0.25, -0.2) is 9.78 Å². The number of carbonyl (C=O) groups is 2. The quantitative estimate of drug-likeness (QED) is 0.778. The highest BCUT2D eigenvalue weighted by Crippen LogP contribution is 2.24. The van der Waals surface area contributed by atoms with E-state index in [9.17, 15) is 9.59 Å². The number of hydrogen-bond acceptors (Lipinski definition) is 4. The molecular formula is C15H10N2O3S. The Bertz CT molecular complexity index is 842. The number of carboxylic acid groups (broad SMARTS) is 1. The van der Waals surface area contributed by atoms with Crippen LogP contribution in [-0.2, 0) is 0 Å². The SMILES string of the molecule is O=C(O)c1cccc(C(=O)Nc2ccc3sccc3c2)n1. The van der Waals surface area contributed by atoms with Gasteiger partial charge in [-0.1, -0.05) is 6.07 Å². The number of amides is 1. The highest BCUT2D eigenvalue weighted by atomic mass is 32.1. The molecule has 0 saturated heterocycles. The Hall–Kier alpha value is -2.73. The monoisotopic (exact) mass is 298 g/mol. The van der Waals surface area contributed by atoms with Gasteiger partial charge in [-0.2, -0.15) is 0 Å². The lowest BCUT2D eigenvalue weighted by Gasteiger charge is -2.05. The fourth-order valence-electron chi connectivity index (χ4n) is 1.92. The number of aromatic carboxylic acids is 1. The van der Waals surface area contributed by atoms with Gasteiger partial charge in [0.05, 0.1) is 0 Å². The summed E-state index contributed by atoms with van der Waals surface area (Å²) in [6.45, 7) is 0. The molecule has 3 aromatic rings. The number of fused-ring (bicyclic) bond motifs is 1. The van der Waals surface area contributed by atoms with E-state index in [0.29, 0.717) is 5.69 Å². The van der Waals surface area contributed by atoms with Gasteiger partial charge < -0.3 is 10.4 Å². The van der Waals surface area contributed by atoms with Crippen LogP contribution in [0, 0.1) is 0 Å². The van der Waals surface area contributed by atoms with Gasteiger partial charge >= 0.3 is 5.97 Å². The van der Waals surface area contributed by atoms with Crippen LogP contribution in [0.2, 0.25) is 0 Å². The summed E-state index contributed by atoms with van der Waals surface area (Å²) in [5, 5.41) is 14.6. The third kappa shape index (κ3) is 2.75. The lowest BCUT2D eigenvalue weighted by Crippen LogP contribution is -2.15. The number of nitrogens with one attached hydrogen (secondary N) is 1. The minimum absolute atomic E-state index is 0.0697. The Balaban J connectivity index is 1.85. The molecule has 1 amide bonds. The van der Waals surface area contributed by atoms with Gasteiger partial charge in [0.1, 0.15) is 11.4 Å². The van der Waals surface area contributed by atoms with Crippen molar-refractivity contribution in [2.24, 2.45) is 0 Å². The van der Waals surface area contributed by atoms with Crippen LogP contribution < -0.4 is 5.32 Å². The molecule has 21 heavy (non-hydrogen) atoms. The van der Waals surface area contributed by atoms with Crippen LogP contribution in [0.5, 0.6) is 0 Å². The minimum atomic E-state index is -1.16. The van der Waals surface area contributed by atoms with Crippen LogP contribution in [0.15, 0.2) is 47.8 Å². The predicted octanol–water partition coefficient (Wildman–Crippen LogP) is 3.25. The molecule has 0 fully saturated rings. The van der Waals surface area contributed by atoms with E-state index in [1.807, 2.05) is 23.6 Å². The number of nitrogens with zero attached hydrogens (tertiary/aromatic N) is 1. The summed E-state index contributed by atoms with van der Waals surface area (Å²) in [5.74, 6) is -1.60. The Labute approximate surface area is 123 Å². The first-order valence-corrected chi connectivity index (χ1v) is 7.00. The second kappa shape index (κ2) is 5.34. The average Bonchev–Trinajstić information content (AvgIpc) is 2.95. The maximum absolute atomic E-state index is 12.1. The van der Waals surface area contributed by atoms with E-state index in [1.54, 1.807) is 17.4 Å². The molecule has 5 nitrogen and oxygen atoms in total. The largest absolute Gasteiger partial charge is 0.477 e. The highest BCUT2D eigenvalue weighted by molar-refractivity contribution is 7.17. The molecule has 0 aliphatic heterocycles. The molecule has 2 heterocycles. The van der Waals surface area contributed by atoms with Crippen LogP contribution in [0.25, 0.3) is 10.1 Å². The molecule has 0 aliphatic rings. The zero-order valence-electron chi connectivity index (χ0n) is 10.7. The summed E-state index contributed by atoms with van der Waals surface area (Å²) in [7, 11) is 0. The first kappa shape index (κ1) is 13.3. The molecule has 0 spiro atoms. The molecule has 6 heteroatoms. The summed E-state index contributed by atoms with van der Waals surface area (Å²) in [6, 6.07) is 11.9. The molecule has 0 aliphatic carbocycles. The number of rotatable bonds is 3. The lowest BCUT2D eigenvalue weighted by molar-refractivity contribution is 0.0690. The van der Waals surface area contributed by atoms with Gasteiger partial charge in [-0.05, 0) is 47.2 Å². The van der Waals surface area contributed by atoms with E-state index >= 15 is 0 Å². The van der Waals surface area contributed by atoms with E-state index in [2.05, 4.69) is 10.3 Å². The van der Waals surface area contributed by atoms with Gasteiger partial charge in [0, 0.05) is 10.4 Å². The van der Waals surface area contributed by atoms with Crippen LogP contribution in [0.4, 0.5) is 5.69 Å². The normalized spacial score (nSPS) is 10.5. The van der Waals surface area contributed by atoms with Gasteiger partial charge in [0.25, 0.3) is 5.91 Å². The fraction of sp³-hybridized carbons (Fsp3) is 0. The van der Waals surface area contributed by atoms with E-state index in [1.165, 1.54) is 18.2 Å². The molecule has 1 aromatic carbocycles. The van der Waals surface area contributed by atoms with Crippen molar-refractivity contribution >= 4 is 39.0 Å². The van der Waals surface area contributed by atoms with Crippen LogP contribution in [0.1, 0.15) is 21.0 Å². The molecular weight excluding hydrogens is 288 g/mol. The maximum atomic E-state index is 12.1. The first-order chi connectivity index (χ1) is 10.1. The number of pyridine rings is 1. The van der Waals surface area contributed by atoms with E-state index < -0.39 is 11.9 Å². The van der Waals surface area contributed by atoms with Gasteiger partial charge in [-0.3, -0.25) is 4.79 Å². The summed E-state index contributed by atoms with van der Waals surface area (Å²) in [5.41, 5.74) is 0.560. The van der Waals surface area contributed by atoms with Crippen molar-refractivity contribution in [2.45, 2.75) is 0 Å². The molecule has 0 radical (unpaired) electrons. The molecule has 0 saturated carbocycles. The summed E-state index contributed by atoms with van der Waals surface area (Å²) < 4.78 is 1.14. The molecule has 2 aromatic heterocycles. The van der Waals surface area contributed by atoms with Gasteiger partial charge in [0.15, 0.2) is 0 Å². The molecule has 3 rings (SSSR count). The Morgan fingerprint density at radius 1 is 1.10 bits per heavy atom. The Morgan fingerprint density at radius 2 is 1.90 bits per heavy atom. The number of aromatic nitrogens is 1. The standard InChI is InChI=1S/C15H10N2O3S/c18-14(11-2-1-3-12(17-11)15(19)20)16-10-4-5-13-9(8-10)6-7-21-13/h1-8H,(H,16,18)(H,19,20). The molecule has 0 bridgehead atoms. The molecule has 2 N–H and O–H groups in total. The zero-order chi connectivity index (χ0) is 14.8. The topological polar surface area (TPSA) is 79.3 Å². The number of carboxylic acids is 1. The highest BCUT2D eigenvalue weighted by Gasteiger charge is 2.11. The lowest BCUT2D eigenvalue weighted by atomic mass is 10.2. The molecule has 0 atom stereocenters. The number of thiophene rings is 1. The third-order valence-electron chi connectivity index (χ3n) is 2.91. The first-order valence-electron chi connectivity index (χ1n) is 6.12. The second-order valence-corrected chi connectivity index (χ2v) is 5.29. The fourth-order valence-corrected chi connectivity index (χ4v) is 2.69. The van der Waals surface area contributed by atoms with E-state index in [-0.39, 0.29) is 11.4 Å². The Kier molecular flexibility index (Phi) is 3.37. The third-order valence-corrected chi connectivity index (χ3v) is 3.81. The van der Waals surface area contributed by atoms with Crippen molar-refractivity contribution in [2.75, 3.05) is 5.32 Å². The second-order valence-electron chi connectivity index (χ2n) is 4.34. The summed E-state index contributed by atoms with van der Waals surface area (Å²) >= 11 is 1.63. The van der Waals surface area contributed by atoms with Gasteiger partial charge in [0.2, 0.25) is 0 Å². The van der Waals surface area contributed by atoms with Gasteiger partial charge in [-0.15, -0.1) is 11.3 Å². The maximum Gasteiger partial charge on any atom is 0.354 e. The van der Waals surface area contributed by atoms with Crippen molar-refractivity contribution in [3.8, 4) is 0 Å². The zero-order valence-corrected chi connectivity index (χ0v) is 11.6. The number of carbonyl (C=O) groups excluding carboxylic acids is 1. The number of benzene rings is 1. The van der Waals surface area contributed by atoms with E-state index in [0.717, 1.165) is 10.1 Å². The summed E-state index contributed by atoms with van der Waals surface area (Å²) in [4.78, 5) is 26.8. The van der Waals surface area contributed by atoms with Crippen LogP contribution >= 0.6 is 11.3 Å². The predicted molar refractivity (Wildman–Crippen MR) is 81.0 cm³/mol. The van der Waals surface area contributed by atoms with E-state index in [4.69, 9.17) is 5.11 Å². The number of anilines is 1. The van der Waals surface area contributed by atoms with Crippen LogP contribution in [-0.4, -0.2) is 22.0 Å². The molecule has 0 unspecified atom stereocenters. The van der Waals surface area contributed by atoms with Crippen molar-refractivity contribution in [3.63, 3.8) is 0 Å². The van der Waals surface area contributed by atoms with Crippen molar-refractivity contribution in [1.29, 1.82) is 0 Å². The molecule has 104 valence electrons. The smallest absolute Gasteiger partial charge is 0.354 e. The number of hydrogen-bond donors (Lipinski definition) is 2. The minimum Gasteiger partial charge on any atom is -0.477 e. The van der Waals surface area contributed by atoms with Crippen molar-refractivity contribution in [3.05, 3.63) is 59.2 Å².